The summed E-state index contributed by atoms with van der Waals surface area (Å²) >= 11 is 1.82. The average Bonchev–Trinajstić information content (AvgIpc) is 2.43. The average molecular weight is 192 g/mol. The molecule has 0 aliphatic heterocycles. The van der Waals surface area contributed by atoms with Crippen molar-refractivity contribution in [2.24, 2.45) is 0 Å². The molecular weight excluding hydrogens is 180 g/mol. The van der Waals surface area contributed by atoms with Gasteiger partial charge in [-0.25, -0.2) is 0 Å². The molecule has 68 valence electrons. The molecule has 2 rings (SSSR count). The Bertz CT molecular complexity index is 443. The van der Waals surface area contributed by atoms with Gasteiger partial charge in [-0.3, -0.25) is 0 Å². The molecule has 2 aromatic rings. The number of thiophene rings is 1. The quantitative estimate of drug-likeness (QED) is 0.736. The van der Waals surface area contributed by atoms with Gasteiger partial charge in [0.2, 0.25) is 0 Å². The van der Waals surface area contributed by atoms with E-state index in [1.807, 2.05) is 17.4 Å². The summed E-state index contributed by atoms with van der Waals surface area (Å²) in [7, 11) is 0. The smallest absolute Gasteiger partial charge is 0.0682 e. The maximum Gasteiger partial charge on any atom is 0.0682 e. The number of aliphatic hydroxyl groups excluding tert-OH is 1. The topological polar surface area (TPSA) is 20.2 Å². The molecule has 0 saturated heterocycles. The second-order valence-corrected chi connectivity index (χ2v) is 4.53. The summed E-state index contributed by atoms with van der Waals surface area (Å²) in [6, 6.07) is 6.15. The standard InChI is InChI=1S/C11H12OS/c1-7-8(2)13-11-4-3-9(6-12)5-10(7)11/h3-5,12H,6H2,1-2H3. The van der Waals surface area contributed by atoms with Crippen LogP contribution in [-0.2, 0) is 6.61 Å². The minimum absolute atomic E-state index is 0.129. The zero-order valence-corrected chi connectivity index (χ0v) is 8.61. The summed E-state index contributed by atoms with van der Waals surface area (Å²) < 4.78 is 1.31. The SMILES string of the molecule is Cc1sc2ccc(CO)cc2c1C. The summed E-state index contributed by atoms with van der Waals surface area (Å²) in [6.45, 7) is 4.40. The highest BCUT2D eigenvalue weighted by atomic mass is 32.1. The molecule has 1 heterocycles. The molecular formula is C11H12OS. The fourth-order valence-corrected chi connectivity index (χ4v) is 2.54. The van der Waals surface area contributed by atoms with Gasteiger partial charge in [0.1, 0.15) is 0 Å². The van der Waals surface area contributed by atoms with Gasteiger partial charge >= 0.3 is 0 Å². The van der Waals surface area contributed by atoms with Crippen molar-refractivity contribution in [3.63, 3.8) is 0 Å². The number of hydrogen-bond acceptors (Lipinski definition) is 2. The van der Waals surface area contributed by atoms with Crippen molar-refractivity contribution < 1.29 is 5.11 Å². The van der Waals surface area contributed by atoms with Crippen LogP contribution in [0.15, 0.2) is 18.2 Å². The molecule has 13 heavy (non-hydrogen) atoms. The minimum Gasteiger partial charge on any atom is -0.392 e. The lowest BCUT2D eigenvalue weighted by atomic mass is 10.1. The first kappa shape index (κ1) is 8.73. The number of aliphatic hydroxyl groups is 1. The summed E-state index contributed by atoms with van der Waals surface area (Å²) in [6.07, 6.45) is 0. The van der Waals surface area contributed by atoms with Crippen molar-refractivity contribution in [3.05, 3.63) is 34.2 Å². The van der Waals surface area contributed by atoms with Crippen LogP contribution in [0, 0.1) is 13.8 Å². The van der Waals surface area contributed by atoms with Gasteiger partial charge in [-0.05, 0) is 42.5 Å². The first-order valence-electron chi connectivity index (χ1n) is 4.32. The Morgan fingerprint density at radius 1 is 1.31 bits per heavy atom. The third kappa shape index (κ3) is 1.36. The van der Waals surface area contributed by atoms with E-state index in [-0.39, 0.29) is 6.61 Å². The number of hydrogen-bond donors (Lipinski definition) is 1. The lowest BCUT2D eigenvalue weighted by molar-refractivity contribution is 0.282. The number of aryl methyl sites for hydroxylation is 2. The van der Waals surface area contributed by atoms with Crippen LogP contribution >= 0.6 is 11.3 Å². The third-order valence-electron chi connectivity index (χ3n) is 2.42. The lowest BCUT2D eigenvalue weighted by Crippen LogP contribution is -1.81. The number of fused-ring (bicyclic) bond motifs is 1. The van der Waals surface area contributed by atoms with Gasteiger partial charge in [0.15, 0.2) is 0 Å². The number of benzene rings is 1. The highest BCUT2D eigenvalue weighted by Crippen LogP contribution is 2.30. The van der Waals surface area contributed by atoms with Gasteiger partial charge in [-0.2, -0.15) is 0 Å². The lowest BCUT2D eigenvalue weighted by Gasteiger charge is -1.96. The maximum absolute atomic E-state index is 9.00. The minimum atomic E-state index is 0.129. The Hall–Kier alpha value is -0.860. The molecule has 0 spiro atoms. The molecule has 0 radical (unpaired) electrons. The van der Waals surface area contributed by atoms with Crippen molar-refractivity contribution >= 4 is 21.4 Å². The Morgan fingerprint density at radius 3 is 2.77 bits per heavy atom. The van der Waals surface area contributed by atoms with Crippen molar-refractivity contribution in [1.82, 2.24) is 0 Å². The van der Waals surface area contributed by atoms with Crippen molar-refractivity contribution in [2.45, 2.75) is 20.5 Å². The fraction of sp³-hybridized carbons (Fsp3) is 0.273. The van der Waals surface area contributed by atoms with Crippen LogP contribution in [0.3, 0.4) is 0 Å². The van der Waals surface area contributed by atoms with Crippen molar-refractivity contribution in [3.8, 4) is 0 Å². The second-order valence-electron chi connectivity index (χ2n) is 3.27. The normalized spacial score (nSPS) is 11.0. The molecule has 0 amide bonds. The van der Waals surface area contributed by atoms with Crippen LogP contribution in [0.5, 0.6) is 0 Å². The molecule has 0 aliphatic carbocycles. The van der Waals surface area contributed by atoms with E-state index in [0.29, 0.717) is 0 Å². The molecule has 1 nitrogen and oxygen atoms in total. The van der Waals surface area contributed by atoms with E-state index >= 15 is 0 Å². The molecule has 1 aromatic carbocycles. The molecule has 2 heteroatoms. The molecule has 0 bridgehead atoms. The third-order valence-corrected chi connectivity index (χ3v) is 3.61. The van der Waals surface area contributed by atoms with Crippen molar-refractivity contribution in [1.29, 1.82) is 0 Å². The Kier molecular flexibility index (Phi) is 2.10. The van der Waals surface area contributed by atoms with Gasteiger partial charge in [0.25, 0.3) is 0 Å². The molecule has 1 aromatic heterocycles. The molecule has 0 saturated carbocycles. The first-order valence-corrected chi connectivity index (χ1v) is 5.13. The number of rotatable bonds is 1. The summed E-state index contributed by atoms with van der Waals surface area (Å²) in [5.74, 6) is 0. The zero-order valence-electron chi connectivity index (χ0n) is 7.79. The summed E-state index contributed by atoms with van der Waals surface area (Å²) in [5.41, 5.74) is 2.34. The molecule has 0 fully saturated rings. The van der Waals surface area contributed by atoms with Crippen LogP contribution in [0.2, 0.25) is 0 Å². The molecule has 1 N–H and O–H groups in total. The summed E-state index contributed by atoms with van der Waals surface area (Å²) in [5, 5.41) is 10.3. The van der Waals surface area contributed by atoms with E-state index in [9.17, 15) is 0 Å². The van der Waals surface area contributed by atoms with Gasteiger partial charge < -0.3 is 5.11 Å². The molecule has 0 aliphatic rings. The van der Waals surface area contributed by atoms with E-state index in [0.717, 1.165) is 5.56 Å². The van der Waals surface area contributed by atoms with Crippen LogP contribution in [0.25, 0.3) is 10.1 Å². The monoisotopic (exact) mass is 192 g/mol. The molecule has 0 unspecified atom stereocenters. The fourth-order valence-electron chi connectivity index (χ4n) is 1.49. The predicted octanol–water partition coefficient (Wildman–Crippen LogP) is 3.01. The van der Waals surface area contributed by atoms with Crippen LogP contribution in [-0.4, -0.2) is 5.11 Å². The largest absolute Gasteiger partial charge is 0.392 e. The first-order chi connectivity index (χ1) is 6.22. The zero-order chi connectivity index (χ0) is 9.42. The van der Waals surface area contributed by atoms with Crippen LogP contribution in [0.1, 0.15) is 16.0 Å². The van der Waals surface area contributed by atoms with Gasteiger partial charge in [-0.15, -0.1) is 11.3 Å². The Balaban J connectivity index is 2.75. The Morgan fingerprint density at radius 2 is 2.08 bits per heavy atom. The predicted molar refractivity (Wildman–Crippen MR) is 57.2 cm³/mol. The van der Waals surface area contributed by atoms with E-state index in [4.69, 9.17) is 5.11 Å². The Labute approximate surface area is 81.6 Å². The van der Waals surface area contributed by atoms with Gasteiger partial charge in [0, 0.05) is 9.58 Å². The van der Waals surface area contributed by atoms with E-state index in [1.54, 1.807) is 0 Å². The van der Waals surface area contributed by atoms with Crippen molar-refractivity contribution in [2.75, 3.05) is 0 Å². The van der Waals surface area contributed by atoms with Gasteiger partial charge in [-0.1, -0.05) is 6.07 Å². The van der Waals surface area contributed by atoms with E-state index in [2.05, 4.69) is 26.0 Å². The van der Waals surface area contributed by atoms with Crippen LogP contribution < -0.4 is 0 Å². The van der Waals surface area contributed by atoms with Gasteiger partial charge in [0.05, 0.1) is 6.61 Å². The maximum atomic E-state index is 9.00. The summed E-state index contributed by atoms with van der Waals surface area (Å²) in [4.78, 5) is 1.37. The molecule has 0 atom stereocenters. The second kappa shape index (κ2) is 3.13. The highest BCUT2D eigenvalue weighted by molar-refractivity contribution is 7.19. The van der Waals surface area contributed by atoms with E-state index < -0.39 is 0 Å². The van der Waals surface area contributed by atoms with Crippen LogP contribution in [0.4, 0.5) is 0 Å². The van der Waals surface area contributed by atoms with E-state index in [1.165, 1.54) is 20.5 Å². The highest BCUT2D eigenvalue weighted by Gasteiger charge is 2.04.